The van der Waals surface area contributed by atoms with Crippen LogP contribution in [0.4, 0.5) is 0 Å². The van der Waals surface area contributed by atoms with Crippen LogP contribution in [0.2, 0.25) is 0 Å². The SMILES string of the molecule is COc1cnc2[nH]c(C(=O)C(C)C)cc2c1. The lowest BCUT2D eigenvalue weighted by atomic mass is 10.1. The molecule has 4 heteroatoms. The molecule has 0 saturated carbocycles. The molecule has 0 radical (unpaired) electrons. The highest BCUT2D eigenvalue weighted by atomic mass is 16.5. The van der Waals surface area contributed by atoms with Crippen LogP contribution in [0.5, 0.6) is 5.75 Å². The van der Waals surface area contributed by atoms with Gasteiger partial charge in [0.15, 0.2) is 5.78 Å². The van der Waals surface area contributed by atoms with Crippen molar-refractivity contribution in [1.82, 2.24) is 9.97 Å². The normalized spacial score (nSPS) is 11.0. The van der Waals surface area contributed by atoms with Crippen LogP contribution in [-0.2, 0) is 0 Å². The number of nitrogens with one attached hydrogen (secondary N) is 1. The van der Waals surface area contributed by atoms with E-state index in [0.717, 1.165) is 5.39 Å². The third-order valence-electron chi connectivity index (χ3n) is 2.47. The maximum atomic E-state index is 11.8. The molecule has 0 fully saturated rings. The molecule has 2 aromatic rings. The van der Waals surface area contributed by atoms with Crippen molar-refractivity contribution in [2.75, 3.05) is 7.11 Å². The number of carbonyl (C=O) groups is 1. The molecular formula is C12H14N2O2. The monoisotopic (exact) mass is 218 g/mol. The van der Waals surface area contributed by atoms with Gasteiger partial charge in [0.05, 0.1) is 19.0 Å². The van der Waals surface area contributed by atoms with Crippen LogP contribution in [0.1, 0.15) is 24.3 Å². The van der Waals surface area contributed by atoms with Crippen LogP contribution in [0.3, 0.4) is 0 Å². The summed E-state index contributed by atoms with van der Waals surface area (Å²) in [6, 6.07) is 3.67. The molecule has 0 unspecified atom stereocenters. The molecule has 1 N–H and O–H groups in total. The fourth-order valence-electron chi connectivity index (χ4n) is 1.55. The van der Waals surface area contributed by atoms with E-state index < -0.39 is 0 Å². The minimum absolute atomic E-state index is 0.0186. The number of pyridine rings is 1. The summed E-state index contributed by atoms with van der Waals surface area (Å²) in [5, 5.41) is 0.892. The van der Waals surface area contributed by atoms with Gasteiger partial charge in [-0.05, 0) is 12.1 Å². The molecule has 0 saturated heterocycles. The number of carbonyl (C=O) groups excluding carboxylic acids is 1. The Morgan fingerprint density at radius 2 is 2.19 bits per heavy atom. The van der Waals surface area contributed by atoms with Crippen molar-refractivity contribution in [2.24, 2.45) is 5.92 Å². The summed E-state index contributed by atoms with van der Waals surface area (Å²) in [6.07, 6.45) is 1.63. The molecule has 0 bridgehead atoms. The van der Waals surface area contributed by atoms with Gasteiger partial charge >= 0.3 is 0 Å². The molecule has 0 atom stereocenters. The van der Waals surface area contributed by atoms with Gasteiger partial charge in [-0.2, -0.15) is 0 Å². The molecule has 2 rings (SSSR count). The fraction of sp³-hybridized carbons (Fsp3) is 0.333. The van der Waals surface area contributed by atoms with Gasteiger partial charge in [-0.3, -0.25) is 4.79 Å². The summed E-state index contributed by atoms with van der Waals surface area (Å²) >= 11 is 0. The first-order chi connectivity index (χ1) is 7.61. The molecule has 2 aromatic heterocycles. The fourth-order valence-corrected chi connectivity index (χ4v) is 1.55. The zero-order valence-corrected chi connectivity index (χ0v) is 9.57. The Bertz CT molecular complexity index is 529. The number of methoxy groups -OCH3 is 1. The second-order valence-electron chi connectivity index (χ2n) is 4.01. The quantitative estimate of drug-likeness (QED) is 0.805. The predicted octanol–water partition coefficient (Wildman–Crippen LogP) is 2.41. The lowest BCUT2D eigenvalue weighted by molar-refractivity contribution is 0.0935. The molecular weight excluding hydrogens is 204 g/mol. The molecule has 84 valence electrons. The summed E-state index contributed by atoms with van der Waals surface area (Å²) in [4.78, 5) is 19.0. The number of aromatic amines is 1. The molecule has 0 spiro atoms. The molecule has 0 aliphatic heterocycles. The lowest BCUT2D eigenvalue weighted by Gasteiger charge is -1.99. The average Bonchev–Trinajstić information content (AvgIpc) is 2.69. The van der Waals surface area contributed by atoms with Crippen LogP contribution >= 0.6 is 0 Å². The van der Waals surface area contributed by atoms with Gasteiger partial charge in [-0.15, -0.1) is 0 Å². The molecule has 0 aromatic carbocycles. The van der Waals surface area contributed by atoms with Crippen molar-refractivity contribution in [3.63, 3.8) is 0 Å². The molecule has 16 heavy (non-hydrogen) atoms. The van der Waals surface area contributed by atoms with Crippen LogP contribution in [0.15, 0.2) is 18.3 Å². The Labute approximate surface area is 93.6 Å². The Morgan fingerprint density at radius 1 is 1.44 bits per heavy atom. The van der Waals surface area contributed by atoms with E-state index in [4.69, 9.17) is 4.74 Å². The van der Waals surface area contributed by atoms with Gasteiger partial charge in [-0.1, -0.05) is 13.8 Å². The van der Waals surface area contributed by atoms with E-state index in [0.29, 0.717) is 17.1 Å². The molecule has 0 amide bonds. The molecule has 0 aliphatic rings. The van der Waals surface area contributed by atoms with Crippen molar-refractivity contribution in [2.45, 2.75) is 13.8 Å². The number of nitrogens with zero attached hydrogens (tertiary/aromatic N) is 1. The lowest BCUT2D eigenvalue weighted by Crippen LogP contribution is -2.07. The highest BCUT2D eigenvalue weighted by Crippen LogP contribution is 2.20. The summed E-state index contributed by atoms with van der Waals surface area (Å²) in [7, 11) is 1.59. The van der Waals surface area contributed by atoms with Crippen molar-refractivity contribution >= 4 is 16.8 Å². The second-order valence-corrected chi connectivity index (χ2v) is 4.01. The first-order valence-electron chi connectivity index (χ1n) is 5.19. The van der Waals surface area contributed by atoms with Gasteiger partial charge < -0.3 is 9.72 Å². The Kier molecular flexibility index (Phi) is 2.64. The predicted molar refractivity (Wildman–Crippen MR) is 61.8 cm³/mol. The number of H-pyrrole nitrogens is 1. The van der Waals surface area contributed by atoms with Crippen LogP contribution in [0.25, 0.3) is 11.0 Å². The average molecular weight is 218 g/mol. The number of hydrogen-bond acceptors (Lipinski definition) is 3. The van der Waals surface area contributed by atoms with Gasteiger partial charge in [0.2, 0.25) is 0 Å². The first kappa shape index (κ1) is 10.7. The molecule has 4 nitrogen and oxygen atoms in total. The summed E-state index contributed by atoms with van der Waals surface area (Å²) in [6.45, 7) is 3.75. The highest BCUT2D eigenvalue weighted by molar-refractivity contribution is 5.99. The topological polar surface area (TPSA) is 55.0 Å². The summed E-state index contributed by atoms with van der Waals surface area (Å²) in [5.41, 5.74) is 1.32. The van der Waals surface area contributed by atoms with E-state index in [9.17, 15) is 4.79 Å². The zero-order valence-electron chi connectivity index (χ0n) is 9.57. The van der Waals surface area contributed by atoms with Crippen molar-refractivity contribution < 1.29 is 9.53 Å². The second kappa shape index (κ2) is 3.96. The van der Waals surface area contributed by atoms with E-state index in [1.165, 1.54) is 0 Å². The van der Waals surface area contributed by atoms with Crippen LogP contribution in [0, 0.1) is 5.92 Å². The maximum Gasteiger partial charge on any atom is 0.181 e. The van der Waals surface area contributed by atoms with E-state index in [1.54, 1.807) is 13.3 Å². The van der Waals surface area contributed by atoms with E-state index in [1.807, 2.05) is 26.0 Å². The number of ether oxygens (including phenoxy) is 1. The van der Waals surface area contributed by atoms with Crippen molar-refractivity contribution in [3.8, 4) is 5.75 Å². The van der Waals surface area contributed by atoms with Gasteiger partial charge in [0, 0.05) is 11.3 Å². The summed E-state index contributed by atoms with van der Waals surface area (Å²) in [5.74, 6) is 0.766. The maximum absolute atomic E-state index is 11.8. The molecule has 2 heterocycles. The minimum Gasteiger partial charge on any atom is -0.495 e. The standard InChI is InChI=1S/C12H14N2O2/c1-7(2)11(15)10-5-8-4-9(16-3)6-13-12(8)14-10/h4-7H,1-3H3,(H,13,14). The smallest absolute Gasteiger partial charge is 0.181 e. The van der Waals surface area contributed by atoms with E-state index in [-0.39, 0.29) is 11.7 Å². The largest absolute Gasteiger partial charge is 0.495 e. The molecule has 0 aliphatic carbocycles. The number of ketones is 1. The Hall–Kier alpha value is -1.84. The number of rotatable bonds is 3. The number of Topliss-reactive ketones (excluding diaryl/α,β-unsaturated/α-hetero) is 1. The Balaban J connectivity index is 2.47. The summed E-state index contributed by atoms with van der Waals surface area (Å²) < 4.78 is 5.08. The van der Waals surface area contributed by atoms with E-state index in [2.05, 4.69) is 9.97 Å². The minimum atomic E-state index is -0.0186. The van der Waals surface area contributed by atoms with Crippen molar-refractivity contribution in [3.05, 3.63) is 24.0 Å². The third kappa shape index (κ3) is 1.78. The highest BCUT2D eigenvalue weighted by Gasteiger charge is 2.13. The van der Waals surface area contributed by atoms with Gasteiger partial charge in [-0.25, -0.2) is 4.98 Å². The van der Waals surface area contributed by atoms with Crippen molar-refractivity contribution in [1.29, 1.82) is 0 Å². The number of aromatic nitrogens is 2. The first-order valence-corrected chi connectivity index (χ1v) is 5.19. The third-order valence-corrected chi connectivity index (χ3v) is 2.47. The van der Waals surface area contributed by atoms with Crippen LogP contribution < -0.4 is 4.74 Å². The van der Waals surface area contributed by atoms with E-state index >= 15 is 0 Å². The van der Waals surface area contributed by atoms with Gasteiger partial charge in [0.1, 0.15) is 11.4 Å². The number of hydrogen-bond donors (Lipinski definition) is 1. The van der Waals surface area contributed by atoms with Gasteiger partial charge in [0.25, 0.3) is 0 Å². The van der Waals surface area contributed by atoms with Crippen LogP contribution in [-0.4, -0.2) is 22.9 Å². The Morgan fingerprint density at radius 3 is 2.81 bits per heavy atom. The zero-order chi connectivity index (χ0) is 11.7. The number of fused-ring (bicyclic) bond motifs is 1.